The van der Waals surface area contributed by atoms with Crippen molar-refractivity contribution < 1.29 is 25.0 Å². The fourth-order valence-electron chi connectivity index (χ4n) is 2.61. The topological polar surface area (TPSA) is 148 Å². The fraction of sp³-hybridized carbons (Fsp3) is 0.318. The maximum absolute atomic E-state index is 12.4. The summed E-state index contributed by atoms with van der Waals surface area (Å²) in [6.07, 6.45) is 0.946. The molecule has 0 aliphatic rings. The Hall–Kier alpha value is -3.23. The molecule has 0 fully saturated rings. The zero-order chi connectivity index (χ0) is 25.6. The van der Waals surface area contributed by atoms with E-state index in [1.807, 2.05) is 0 Å². The first-order valence-corrected chi connectivity index (χ1v) is 9.41. The van der Waals surface area contributed by atoms with Crippen molar-refractivity contribution >= 4 is 29.2 Å². The van der Waals surface area contributed by atoms with Crippen LogP contribution in [0.4, 0.5) is 11.4 Å². The summed E-state index contributed by atoms with van der Waals surface area (Å²) in [6, 6.07) is 3.75. The van der Waals surface area contributed by atoms with Gasteiger partial charge >= 0.3 is 5.97 Å². The quantitative estimate of drug-likeness (QED) is 0.400. The molecule has 2 rings (SSSR count). The van der Waals surface area contributed by atoms with Gasteiger partial charge in [-0.2, -0.15) is 0 Å². The highest BCUT2D eigenvalue weighted by Gasteiger charge is 2.16. The third-order valence-electron chi connectivity index (χ3n) is 4.25. The molecular formula is C22H28N4O4. The van der Waals surface area contributed by atoms with Crippen LogP contribution in [-0.4, -0.2) is 35.0 Å². The summed E-state index contributed by atoms with van der Waals surface area (Å²) in [5, 5.41) is 13.7. The maximum Gasteiger partial charge on any atom is 0.320 e. The van der Waals surface area contributed by atoms with E-state index in [-0.39, 0.29) is 60.7 Å². The lowest BCUT2D eigenvalue weighted by atomic mass is 10.0. The Balaban J connectivity index is 2.08. The van der Waals surface area contributed by atoms with Crippen LogP contribution >= 0.6 is 0 Å². The predicted molar refractivity (Wildman–Crippen MR) is 116 cm³/mol. The minimum Gasteiger partial charge on any atom is -0.480 e. The zero-order valence-electron chi connectivity index (χ0n) is 20.6. The Morgan fingerprint density at radius 1 is 0.933 bits per heavy atom. The van der Waals surface area contributed by atoms with Crippen LogP contribution < -0.4 is 22.1 Å². The van der Waals surface area contributed by atoms with Crippen LogP contribution in [0, 0.1) is 0 Å². The Bertz CT molecular complexity index is 1050. The molecule has 2 aromatic carbocycles. The molecule has 0 radical (unpaired) electrons. The highest BCUT2D eigenvalue weighted by molar-refractivity contribution is 5.94. The van der Waals surface area contributed by atoms with E-state index in [0.29, 0.717) is 17.5 Å². The standard InChI is InChI=1S/C22H28N4O4/c1-14(27)25-17-9-5-15(6-10-17)13-16-7-11-18(12-8-16)26-21(28)19(23)3-2-4-20(24)22(29)30/h5-12,19-20H,2-4,13,23-24H2,1H3,(H,25,27)(H,26,28)(H,29,30)/t19?,20-/m0/s1/i9D,10D,11D,12D. The number of carboxylic acids is 1. The molecule has 2 amide bonds. The first-order chi connectivity index (χ1) is 15.9. The first-order valence-electron chi connectivity index (χ1n) is 11.4. The van der Waals surface area contributed by atoms with E-state index in [2.05, 4.69) is 10.6 Å². The molecule has 0 heterocycles. The van der Waals surface area contributed by atoms with Gasteiger partial charge < -0.3 is 27.2 Å². The Morgan fingerprint density at radius 3 is 1.87 bits per heavy atom. The summed E-state index contributed by atoms with van der Waals surface area (Å²) >= 11 is 0. The first kappa shape index (κ1) is 17.6. The lowest BCUT2D eigenvalue weighted by Gasteiger charge is -2.13. The van der Waals surface area contributed by atoms with Gasteiger partial charge in [-0.05, 0) is 61.0 Å². The van der Waals surface area contributed by atoms with Crippen LogP contribution in [0.25, 0.3) is 0 Å². The SMILES string of the molecule is [2H]c1cc(Cc2cc([2H])c(NC(=O)C(N)CCC[C@H](N)C(=O)O)c([2H])c2)cc([2H])c1NC(C)=O. The van der Waals surface area contributed by atoms with E-state index in [1.54, 1.807) is 0 Å². The number of amides is 2. The molecule has 30 heavy (non-hydrogen) atoms. The van der Waals surface area contributed by atoms with E-state index >= 15 is 0 Å². The minimum absolute atomic E-state index is 0.00481. The highest BCUT2D eigenvalue weighted by Crippen LogP contribution is 2.16. The molecule has 7 N–H and O–H groups in total. The number of carboxylic acid groups (broad SMARTS) is 1. The monoisotopic (exact) mass is 416 g/mol. The minimum atomic E-state index is -1.13. The van der Waals surface area contributed by atoms with Crippen LogP contribution in [-0.2, 0) is 20.8 Å². The number of hydrogen-bond donors (Lipinski definition) is 5. The van der Waals surface area contributed by atoms with Gasteiger partial charge in [-0.3, -0.25) is 14.4 Å². The molecule has 160 valence electrons. The zero-order valence-corrected chi connectivity index (χ0v) is 16.6. The lowest BCUT2D eigenvalue weighted by molar-refractivity contribution is -0.138. The number of aliphatic carboxylic acids is 1. The van der Waals surface area contributed by atoms with Gasteiger partial charge in [0, 0.05) is 18.3 Å². The summed E-state index contributed by atoms with van der Waals surface area (Å²) in [5.74, 6) is -2.10. The number of rotatable bonds is 10. The molecule has 0 spiro atoms. The third-order valence-corrected chi connectivity index (χ3v) is 4.25. The molecule has 2 atom stereocenters. The molecule has 0 saturated heterocycles. The number of nitrogens with one attached hydrogen (secondary N) is 2. The molecule has 0 aliphatic carbocycles. The summed E-state index contributed by atoms with van der Waals surface area (Å²) in [4.78, 5) is 34.3. The molecular weight excluding hydrogens is 384 g/mol. The molecule has 0 aliphatic heterocycles. The molecule has 2 aromatic rings. The number of carbonyl (C=O) groups excluding carboxylic acids is 2. The Labute approximate surface area is 181 Å². The molecule has 8 nitrogen and oxygen atoms in total. The number of anilines is 2. The number of carbonyl (C=O) groups is 3. The van der Waals surface area contributed by atoms with Crippen molar-refractivity contribution in [1.82, 2.24) is 0 Å². The summed E-state index contributed by atoms with van der Waals surface area (Å²) in [7, 11) is 0. The van der Waals surface area contributed by atoms with E-state index in [9.17, 15) is 14.4 Å². The molecule has 0 aromatic heterocycles. The summed E-state index contributed by atoms with van der Waals surface area (Å²) in [6.45, 7) is 1.29. The second-order valence-corrected chi connectivity index (χ2v) is 6.88. The van der Waals surface area contributed by atoms with Crippen LogP contribution in [0.1, 0.15) is 42.8 Å². The lowest BCUT2D eigenvalue weighted by Crippen LogP contribution is -2.36. The van der Waals surface area contributed by atoms with Crippen molar-refractivity contribution in [2.75, 3.05) is 10.6 Å². The van der Waals surface area contributed by atoms with Gasteiger partial charge in [0.1, 0.15) is 6.04 Å². The van der Waals surface area contributed by atoms with Crippen LogP contribution in [0.15, 0.2) is 48.4 Å². The average Bonchev–Trinajstić information content (AvgIpc) is 2.72. The van der Waals surface area contributed by atoms with Gasteiger partial charge in [0.2, 0.25) is 11.8 Å². The van der Waals surface area contributed by atoms with Crippen molar-refractivity contribution in [3.8, 4) is 0 Å². The van der Waals surface area contributed by atoms with Crippen molar-refractivity contribution in [1.29, 1.82) is 0 Å². The van der Waals surface area contributed by atoms with Crippen molar-refractivity contribution in [2.45, 2.75) is 44.7 Å². The largest absolute Gasteiger partial charge is 0.480 e. The van der Waals surface area contributed by atoms with Crippen LogP contribution in [0.3, 0.4) is 0 Å². The molecule has 8 heteroatoms. The second-order valence-electron chi connectivity index (χ2n) is 6.88. The number of benzene rings is 2. The summed E-state index contributed by atoms with van der Waals surface area (Å²) in [5.41, 5.74) is 12.5. The van der Waals surface area contributed by atoms with Crippen molar-refractivity contribution in [2.24, 2.45) is 11.5 Å². The smallest absolute Gasteiger partial charge is 0.320 e. The third kappa shape index (κ3) is 7.65. The molecule has 0 bridgehead atoms. The average molecular weight is 417 g/mol. The maximum atomic E-state index is 12.4. The van der Waals surface area contributed by atoms with Gasteiger partial charge in [0.05, 0.1) is 11.5 Å². The van der Waals surface area contributed by atoms with Crippen molar-refractivity contribution in [3.05, 3.63) is 59.6 Å². The molecule has 1 unspecified atom stereocenters. The normalized spacial score (nSPS) is 14.5. The Morgan fingerprint density at radius 2 is 1.40 bits per heavy atom. The van der Waals surface area contributed by atoms with E-state index in [0.717, 1.165) is 0 Å². The van der Waals surface area contributed by atoms with Crippen LogP contribution in [0.2, 0.25) is 0 Å². The van der Waals surface area contributed by atoms with Gasteiger partial charge in [-0.15, -0.1) is 0 Å². The number of nitrogens with two attached hydrogens (primary N) is 2. The van der Waals surface area contributed by atoms with E-state index in [4.69, 9.17) is 22.1 Å². The van der Waals surface area contributed by atoms with Gasteiger partial charge in [0.15, 0.2) is 0 Å². The van der Waals surface area contributed by atoms with Gasteiger partial charge in [-0.1, -0.05) is 24.3 Å². The molecule has 0 saturated carbocycles. The fourth-order valence-corrected chi connectivity index (χ4v) is 2.61. The Kier molecular flexibility index (Phi) is 6.51. The second kappa shape index (κ2) is 11.1. The number of hydrogen-bond acceptors (Lipinski definition) is 5. The van der Waals surface area contributed by atoms with E-state index in [1.165, 1.54) is 31.2 Å². The van der Waals surface area contributed by atoms with Gasteiger partial charge in [0.25, 0.3) is 0 Å². The van der Waals surface area contributed by atoms with Crippen LogP contribution in [0.5, 0.6) is 0 Å². The van der Waals surface area contributed by atoms with Gasteiger partial charge in [-0.25, -0.2) is 0 Å². The predicted octanol–water partition coefficient (Wildman–Crippen LogP) is 2.08. The van der Waals surface area contributed by atoms with E-state index < -0.39 is 24.0 Å². The van der Waals surface area contributed by atoms with Crippen molar-refractivity contribution in [3.63, 3.8) is 0 Å². The highest BCUT2D eigenvalue weighted by atomic mass is 16.4. The summed E-state index contributed by atoms with van der Waals surface area (Å²) < 4.78 is 32.5.